The van der Waals surface area contributed by atoms with Gasteiger partial charge in [0.05, 0.1) is 18.3 Å². The zero-order valence-electron chi connectivity index (χ0n) is 13.0. The molecule has 3 heterocycles. The highest BCUT2D eigenvalue weighted by molar-refractivity contribution is 5.78. The van der Waals surface area contributed by atoms with Crippen molar-refractivity contribution in [3.8, 4) is 0 Å². The second-order valence-electron chi connectivity index (χ2n) is 6.44. The van der Waals surface area contributed by atoms with Crippen molar-refractivity contribution in [2.75, 3.05) is 46.8 Å². The van der Waals surface area contributed by atoms with Crippen molar-refractivity contribution < 1.29 is 4.79 Å². The van der Waals surface area contributed by atoms with E-state index >= 15 is 0 Å². The molecule has 1 amide bonds. The predicted molar refractivity (Wildman–Crippen MR) is 80.9 cm³/mol. The third kappa shape index (κ3) is 3.27. The lowest BCUT2D eigenvalue weighted by Crippen LogP contribution is -2.46. The van der Waals surface area contributed by atoms with Crippen molar-refractivity contribution in [1.29, 1.82) is 0 Å². The average Bonchev–Trinajstić information content (AvgIpc) is 3.09. The molecule has 2 aliphatic heterocycles. The van der Waals surface area contributed by atoms with Crippen LogP contribution >= 0.6 is 0 Å². The summed E-state index contributed by atoms with van der Waals surface area (Å²) in [6.07, 6.45) is 4.17. The molecule has 0 spiro atoms. The maximum Gasteiger partial charge on any atom is 0.236 e. The summed E-state index contributed by atoms with van der Waals surface area (Å²) in [5, 5.41) is 4.45. The molecule has 116 valence electrons. The molecule has 3 rings (SSSR count). The van der Waals surface area contributed by atoms with Crippen LogP contribution in [-0.2, 0) is 11.3 Å². The Hall–Kier alpha value is -1.40. The Morgan fingerprint density at radius 2 is 2.14 bits per heavy atom. The van der Waals surface area contributed by atoms with E-state index in [1.165, 1.54) is 5.69 Å². The number of likely N-dealkylation sites (tertiary alicyclic amines) is 1. The van der Waals surface area contributed by atoms with Gasteiger partial charge in [0, 0.05) is 38.9 Å². The van der Waals surface area contributed by atoms with E-state index in [0.717, 1.165) is 45.6 Å². The van der Waals surface area contributed by atoms with Crippen LogP contribution in [-0.4, -0.2) is 77.2 Å². The summed E-state index contributed by atoms with van der Waals surface area (Å²) in [5.41, 5.74) is 1.21. The van der Waals surface area contributed by atoms with Crippen LogP contribution in [0.2, 0.25) is 0 Å². The maximum absolute atomic E-state index is 12.3. The van der Waals surface area contributed by atoms with E-state index in [1.807, 2.05) is 11.1 Å². The first kappa shape index (κ1) is 14.5. The Kier molecular flexibility index (Phi) is 4.26. The molecule has 0 saturated carbocycles. The highest BCUT2D eigenvalue weighted by Gasteiger charge is 2.28. The molecular weight excluding hydrogens is 266 g/mol. The van der Waals surface area contributed by atoms with Gasteiger partial charge in [0.25, 0.3) is 0 Å². The van der Waals surface area contributed by atoms with Crippen LogP contribution in [0.25, 0.3) is 0 Å². The van der Waals surface area contributed by atoms with E-state index in [0.29, 0.717) is 12.6 Å². The molecule has 1 saturated heterocycles. The molecule has 1 fully saturated rings. The second kappa shape index (κ2) is 6.15. The fourth-order valence-electron chi connectivity index (χ4n) is 3.40. The number of likely N-dealkylation sites (N-methyl/N-ethyl adjacent to an activating group) is 1. The lowest BCUT2D eigenvalue weighted by atomic mass is 10.2. The molecule has 2 aliphatic rings. The van der Waals surface area contributed by atoms with Crippen molar-refractivity contribution in [2.45, 2.75) is 25.4 Å². The molecule has 1 aromatic heterocycles. The van der Waals surface area contributed by atoms with Gasteiger partial charge in [-0.3, -0.25) is 14.4 Å². The van der Waals surface area contributed by atoms with Gasteiger partial charge in [-0.1, -0.05) is 0 Å². The van der Waals surface area contributed by atoms with Gasteiger partial charge in [-0.05, 0) is 33.0 Å². The summed E-state index contributed by atoms with van der Waals surface area (Å²) < 4.78 is 2.12. The monoisotopic (exact) mass is 291 g/mol. The standard InChI is InChI=1S/C15H25N5O/c1-17(2)9-14-11-18(10-13-5-6-16-20(13)14)12-15(21)19-7-3-4-8-19/h5-6,14H,3-4,7-12H2,1-2H3. The lowest BCUT2D eigenvalue weighted by molar-refractivity contribution is -0.131. The van der Waals surface area contributed by atoms with Crippen molar-refractivity contribution in [3.05, 3.63) is 18.0 Å². The first-order valence-corrected chi connectivity index (χ1v) is 7.81. The van der Waals surface area contributed by atoms with E-state index < -0.39 is 0 Å². The van der Waals surface area contributed by atoms with Gasteiger partial charge in [-0.2, -0.15) is 5.10 Å². The highest BCUT2D eigenvalue weighted by atomic mass is 16.2. The molecule has 0 aliphatic carbocycles. The minimum atomic E-state index is 0.282. The summed E-state index contributed by atoms with van der Waals surface area (Å²) in [6, 6.07) is 2.39. The lowest BCUT2D eigenvalue weighted by Gasteiger charge is -2.35. The molecule has 0 bridgehead atoms. The van der Waals surface area contributed by atoms with Crippen molar-refractivity contribution in [2.24, 2.45) is 0 Å². The number of hydrogen-bond acceptors (Lipinski definition) is 4. The Bertz CT molecular complexity index is 492. The summed E-state index contributed by atoms with van der Waals surface area (Å²) in [5.74, 6) is 0.282. The maximum atomic E-state index is 12.3. The van der Waals surface area contributed by atoms with Gasteiger partial charge in [0.2, 0.25) is 5.91 Å². The molecule has 1 unspecified atom stereocenters. The van der Waals surface area contributed by atoms with E-state index in [-0.39, 0.29) is 5.91 Å². The number of nitrogens with zero attached hydrogens (tertiary/aromatic N) is 5. The van der Waals surface area contributed by atoms with Gasteiger partial charge in [-0.15, -0.1) is 0 Å². The number of hydrogen-bond donors (Lipinski definition) is 0. The topological polar surface area (TPSA) is 44.6 Å². The quantitative estimate of drug-likeness (QED) is 0.807. The number of aromatic nitrogens is 2. The third-order valence-electron chi connectivity index (χ3n) is 4.35. The number of rotatable bonds is 4. The fourth-order valence-corrected chi connectivity index (χ4v) is 3.40. The Morgan fingerprint density at radius 1 is 1.38 bits per heavy atom. The molecular formula is C15H25N5O. The normalized spacial score (nSPS) is 22.8. The van der Waals surface area contributed by atoms with E-state index in [2.05, 4.69) is 39.7 Å². The zero-order chi connectivity index (χ0) is 14.8. The average molecular weight is 291 g/mol. The van der Waals surface area contributed by atoms with Crippen LogP contribution in [0.15, 0.2) is 12.3 Å². The van der Waals surface area contributed by atoms with Crippen molar-refractivity contribution in [1.82, 2.24) is 24.5 Å². The van der Waals surface area contributed by atoms with Crippen LogP contribution in [0.5, 0.6) is 0 Å². The molecule has 6 nitrogen and oxygen atoms in total. The van der Waals surface area contributed by atoms with Crippen LogP contribution in [0.3, 0.4) is 0 Å². The smallest absolute Gasteiger partial charge is 0.236 e. The molecule has 0 radical (unpaired) electrons. The van der Waals surface area contributed by atoms with Crippen LogP contribution in [0.1, 0.15) is 24.6 Å². The van der Waals surface area contributed by atoms with Crippen molar-refractivity contribution >= 4 is 5.91 Å². The second-order valence-corrected chi connectivity index (χ2v) is 6.44. The van der Waals surface area contributed by atoms with E-state index in [1.54, 1.807) is 0 Å². The Labute approximate surface area is 126 Å². The van der Waals surface area contributed by atoms with E-state index in [4.69, 9.17) is 0 Å². The molecule has 1 aromatic rings. The number of amides is 1. The minimum absolute atomic E-state index is 0.282. The Morgan fingerprint density at radius 3 is 2.86 bits per heavy atom. The van der Waals surface area contributed by atoms with Crippen molar-refractivity contribution in [3.63, 3.8) is 0 Å². The first-order valence-electron chi connectivity index (χ1n) is 7.81. The summed E-state index contributed by atoms with van der Waals surface area (Å²) in [6.45, 7) is 5.08. The fraction of sp³-hybridized carbons (Fsp3) is 0.733. The number of fused-ring (bicyclic) bond motifs is 1. The minimum Gasteiger partial charge on any atom is -0.342 e. The number of carbonyl (C=O) groups is 1. The summed E-state index contributed by atoms with van der Waals surface area (Å²) >= 11 is 0. The van der Waals surface area contributed by atoms with Crippen LogP contribution in [0.4, 0.5) is 0 Å². The van der Waals surface area contributed by atoms with Crippen LogP contribution < -0.4 is 0 Å². The molecule has 1 atom stereocenters. The molecule has 6 heteroatoms. The SMILES string of the molecule is CN(C)CC1CN(CC(=O)N2CCCC2)Cc2ccnn21. The third-order valence-corrected chi connectivity index (χ3v) is 4.35. The van der Waals surface area contributed by atoms with Gasteiger partial charge in [0.1, 0.15) is 0 Å². The molecule has 0 N–H and O–H groups in total. The van der Waals surface area contributed by atoms with Gasteiger partial charge < -0.3 is 9.80 Å². The molecule has 0 aromatic carbocycles. The van der Waals surface area contributed by atoms with Crippen LogP contribution in [0, 0.1) is 0 Å². The first-order chi connectivity index (χ1) is 10.1. The highest BCUT2D eigenvalue weighted by Crippen LogP contribution is 2.21. The van der Waals surface area contributed by atoms with Gasteiger partial charge in [-0.25, -0.2) is 0 Å². The molecule has 21 heavy (non-hydrogen) atoms. The van der Waals surface area contributed by atoms with E-state index in [9.17, 15) is 4.79 Å². The Balaban J connectivity index is 1.66. The number of carbonyl (C=O) groups excluding carboxylic acids is 1. The zero-order valence-corrected chi connectivity index (χ0v) is 13.0. The summed E-state index contributed by atoms with van der Waals surface area (Å²) in [7, 11) is 4.16. The predicted octanol–water partition coefficient (Wildman–Crippen LogP) is 0.424. The van der Waals surface area contributed by atoms with Gasteiger partial charge in [0.15, 0.2) is 0 Å². The largest absolute Gasteiger partial charge is 0.342 e. The van der Waals surface area contributed by atoms with Gasteiger partial charge >= 0.3 is 0 Å². The summed E-state index contributed by atoms with van der Waals surface area (Å²) in [4.78, 5) is 18.8.